The largest absolute Gasteiger partial charge is 0.497 e. The summed E-state index contributed by atoms with van der Waals surface area (Å²) in [6.07, 6.45) is 0.398. The molecule has 14 heteroatoms. The van der Waals surface area contributed by atoms with Crippen LogP contribution in [0.5, 0.6) is 11.5 Å². The number of nitrogens with zero attached hydrogens (tertiary/aromatic N) is 3. The van der Waals surface area contributed by atoms with Crippen molar-refractivity contribution >= 4 is 20.3 Å². The minimum Gasteiger partial charge on any atom is -0.497 e. The average molecular weight is 791 g/mol. The second-order valence-corrected chi connectivity index (χ2v) is 15.6. The summed E-state index contributed by atoms with van der Waals surface area (Å²) in [6, 6.07) is 28.2. The van der Waals surface area contributed by atoms with Crippen LogP contribution in [0.2, 0.25) is 0 Å². The molecule has 294 valence electrons. The van der Waals surface area contributed by atoms with Crippen molar-refractivity contribution in [2.45, 2.75) is 64.1 Å². The number of methoxy groups -OCH3 is 4. The summed E-state index contributed by atoms with van der Waals surface area (Å²) in [4.78, 5) is 28.3. The number of nitrogens with one attached hydrogen (secondary N) is 1. The highest BCUT2D eigenvalue weighted by atomic mass is 32.2. The van der Waals surface area contributed by atoms with Crippen LogP contribution in [0.3, 0.4) is 0 Å². The van der Waals surface area contributed by atoms with Crippen molar-refractivity contribution in [3.05, 3.63) is 140 Å². The first kappa shape index (κ1) is 43.2. The number of rotatable bonds is 20. The fourth-order valence-electron chi connectivity index (χ4n) is 6.19. The first-order chi connectivity index (χ1) is 26.4. The Morgan fingerprint density at radius 3 is 1.89 bits per heavy atom. The quantitative estimate of drug-likeness (QED) is 0.0405. The van der Waals surface area contributed by atoms with Crippen LogP contribution < -0.4 is 20.7 Å². The van der Waals surface area contributed by atoms with Gasteiger partial charge in [0.1, 0.15) is 17.3 Å². The highest BCUT2D eigenvalue weighted by Gasteiger charge is 2.40. The molecule has 4 rings (SSSR count). The molecule has 0 bridgehead atoms. The molecule has 1 unspecified atom stereocenters. The Morgan fingerprint density at radius 2 is 1.42 bits per heavy atom. The van der Waals surface area contributed by atoms with Gasteiger partial charge in [0.2, 0.25) is 0 Å². The molecule has 0 spiro atoms. The predicted octanol–water partition coefficient (Wildman–Crippen LogP) is 7.88. The number of hydrogen-bond donors (Lipinski definition) is 1. The van der Waals surface area contributed by atoms with E-state index >= 15 is 0 Å². The van der Waals surface area contributed by atoms with E-state index in [0.717, 1.165) is 16.7 Å². The standard InChI is InChI=1S/C41H51N4O8PS/c1-28(2)45(29(3)4)54(52-25-13-24-42)53-37(39(51-9)44-26-30(5)38(46)43-40(44)47)36(50-8)27-55-41(31-14-11-10-12-15-31,32-16-20-34(48-6)21-17-32)33-18-22-35(49-7)23-19-33/h10-12,14-23,26,28-29,39H,13,25,27H2,1-9H3,(H,43,46,47)/b37-36-/t39-,54?/m0/s1. The molecule has 0 amide bonds. The average Bonchev–Trinajstić information content (AvgIpc) is 3.19. The number of nitriles is 1. The lowest BCUT2D eigenvalue weighted by Gasteiger charge is -2.38. The summed E-state index contributed by atoms with van der Waals surface area (Å²) in [5.74, 6) is 2.17. The third-order valence-electron chi connectivity index (χ3n) is 8.80. The van der Waals surface area contributed by atoms with E-state index in [1.807, 2.05) is 94.4 Å². The molecule has 55 heavy (non-hydrogen) atoms. The van der Waals surface area contributed by atoms with Crippen molar-refractivity contribution in [2.75, 3.05) is 40.8 Å². The third kappa shape index (κ3) is 10.2. The first-order valence-electron chi connectivity index (χ1n) is 17.8. The summed E-state index contributed by atoms with van der Waals surface area (Å²) < 4.78 is 39.1. The summed E-state index contributed by atoms with van der Waals surface area (Å²) in [5.41, 5.74) is 2.03. The number of thioether (sulfide) groups is 1. The van der Waals surface area contributed by atoms with Gasteiger partial charge in [-0.3, -0.25) is 14.3 Å². The van der Waals surface area contributed by atoms with Gasteiger partial charge in [0, 0.05) is 31.0 Å². The van der Waals surface area contributed by atoms with E-state index in [4.69, 9.17) is 28.0 Å². The first-order valence-corrected chi connectivity index (χ1v) is 19.9. The molecule has 0 fully saturated rings. The van der Waals surface area contributed by atoms with Crippen LogP contribution in [0.1, 0.15) is 62.6 Å². The third-order valence-corrected chi connectivity index (χ3v) is 12.4. The molecule has 4 aromatic rings. The van der Waals surface area contributed by atoms with E-state index in [2.05, 4.69) is 27.9 Å². The van der Waals surface area contributed by atoms with E-state index in [-0.39, 0.29) is 36.6 Å². The Kier molecular flexibility index (Phi) is 16.0. The summed E-state index contributed by atoms with van der Waals surface area (Å²) in [6.45, 7) is 9.85. The van der Waals surface area contributed by atoms with Crippen molar-refractivity contribution in [1.29, 1.82) is 5.26 Å². The molecule has 0 aliphatic carbocycles. The molecule has 0 saturated heterocycles. The number of aromatic nitrogens is 2. The number of aromatic amines is 1. The SMILES string of the molecule is CO/C(CSC(c1ccccc1)(c1ccc(OC)cc1)c1ccc(OC)cc1)=C(\OP(OCCC#N)N(C(C)C)C(C)C)[C@H](OC)n1cc(C)c(=O)[nH]c1=O. The van der Waals surface area contributed by atoms with Crippen LogP contribution in [0, 0.1) is 18.3 Å². The maximum absolute atomic E-state index is 13.4. The maximum atomic E-state index is 13.4. The molecule has 2 atom stereocenters. The Hall–Kier alpha value is -4.57. The highest BCUT2D eigenvalue weighted by Crippen LogP contribution is 2.53. The minimum absolute atomic E-state index is 0.0234. The van der Waals surface area contributed by atoms with Gasteiger partial charge in [-0.2, -0.15) is 5.26 Å². The second-order valence-electron chi connectivity index (χ2n) is 13.0. The predicted molar refractivity (Wildman–Crippen MR) is 217 cm³/mol. The monoisotopic (exact) mass is 790 g/mol. The molecule has 0 aliphatic heterocycles. The van der Waals surface area contributed by atoms with Gasteiger partial charge < -0.3 is 28.0 Å². The van der Waals surface area contributed by atoms with Crippen molar-refractivity contribution in [3.8, 4) is 17.6 Å². The van der Waals surface area contributed by atoms with Gasteiger partial charge in [-0.1, -0.05) is 54.6 Å². The molecule has 0 radical (unpaired) electrons. The molecular formula is C41H51N4O8PS. The van der Waals surface area contributed by atoms with Crippen molar-refractivity contribution < 1.29 is 28.0 Å². The normalized spacial score (nSPS) is 13.3. The van der Waals surface area contributed by atoms with Crippen LogP contribution in [-0.4, -0.2) is 67.1 Å². The van der Waals surface area contributed by atoms with Crippen molar-refractivity contribution in [2.24, 2.45) is 0 Å². The molecule has 1 aromatic heterocycles. The highest BCUT2D eigenvalue weighted by molar-refractivity contribution is 8.00. The van der Waals surface area contributed by atoms with E-state index in [1.54, 1.807) is 40.0 Å². The van der Waals surface area contributed by atoms with Gasteiger partial charge in [-0.05, 0) is 75.6 Å². The molecule has 0 saturated carbocycles. The number of aryl methyl sites for hydroxylation is 1. The zero-order valence-electron chi connectivity index (χ0n) is 32.9. The maximum Gasteiger partial charge on any atom is 0.330 e. The molecule has 3 aromatic carbocycles. The van der Waals surface area contributed by atoms with Crippen molar-refractivity contribution in [3.63, 3.8) is 0 Å². The summed E-state index contributed by atoms with van der Waals surface area (Å²) in [7, 11) is 4.37. The summed E-state index contributed by atoms with van der Waals surface area (Å²) in [5, 5.41) is 9.37. The molecular weight excluding hydrogens is 740 g/mol. The lowest BCUT2D eigenvalue weighted by atomic mass is 9.84. The van der Waals surface area contributed by atoms with E-state index in [9.17, 15) is 14.9 Å². The van der Waals surface area contributed by atoms with Gasteiger partial charge in [0.15, 0.2) is 12.0 Å². The summed E-state index contributed by atoms with van der Waals surface area (Å²) >= 11 is 1.58. The Bertz CT molecular complexity index is 1960. The smallest absolute Gasteiger partial charge is 0.330 e. The number of H-pyrrole nitrogens is 1. The lowest BCUT2D eigenvalue weighted by molar-refractivity contribution is 0.0287. The van der Waals surface area contributed by atoms with Crippen LogP contribution >= 0.6 is 20.3 Å². The molecule has 1 N–H and O–H groups in total. The molecule has 0 aliphatic rings. The number of ether oxygens (including phenoxy) is 4. The van der Waals surface area contributed by atoms with Gasteiger partial charge >= 0.3 is 14.2 Å². The minimum atomic E-state index is -1.89. The Morgan fingerprint density at radius 1 is 0.873 bits per heavy atom. The van der Waals surface area contributed by atoms with Crippen LogP contribution in [0.25, 0.3) is 0 Å². The van der Waals surface area contributed by atoms with Crippen LogP contribution in [0.4, 0.5) is 0 Å². The Labute approximate surface area is 329 Å². The van der Waals surface area contributed by atoms with Crippen LogP contribution in [-0.2, 0) is 23.3 Å². The fraction of sp³-hybridized carbons (Fsp3) is 0.390. The van der Waals surface area contributed by atoms with E-state index < -0.39 is 30.8 Å². The number of benzene rings is 3. The fourth-order valence-corrected chi connectivity index (χ4v) is 9.35. The van der Waals surface area contributed by atoms with Crippen LogP contribution in [0.15, 0.2) is 106 Å². The van der Waals surface area contributed by atoms with Gasteiger partial charge in [0.05, 0.1) is 50.9 Å². The van der Waals surface area contributed by atoms with Crippen molar-refractivity contribution in [1.82, 2.24) is 14.2 Å². The van der Waals surface area contributed by atoms with E-state index in [0.29, 0.717) is 22.8 Å². The van der Waals surface area contributed by atoms with Gasteiger partial charge in [0.25, 0.3) is 5.56 Å². The van der Waals surface area contributed by atoms with Gasteiger partial charge in [-0.25, -0.2) is 9.46 Å². The topological polar surface area (TPSA) is 137 Å². The molecule has 12 nitrogen and oxygen atoms in total. The Balaban J connectivity index is 2.01. The lowest BCUT2D eigenvalue weighted by Crippen LogP contribution is -2.37. The molecule has 1 heterocycles. The second kappa shape index (κ2) is 20.4. The zero-order chi connectivity index (χ0) is 40.1. The zero-order valence-corrected chi connectivity index (χ0v) is 34.6. The number of hydrogen-bond acceptors (Lipinski definition) is 11. The van der Waals surface area contributed by atoms with Gasteiger partial charge in [-0.15, -0.1) is 11.8 Å². The van der Waals surface area contributed by atoms with E-state index in [1.165, 1.54) is 17.9 Å².